The van der Waals surface area contributed by atoms with Gasteiger partial charge in [-0.25, -0.2) is 0 Å². The van der Waals surface area contributed by atoms with Gasteiger partial charge in [0.1, 0.15) is 0 Å². The van der Waals surface area contributed by atoms with Crippen molar-refractivity contribution < 1.29 is 14.7 Å². The van der Waals surface area contributed by atoms with Gasteiger partial charge < -0.3 is 16.2 Å². The van der Waals surface area contributed by atoms with Gasteiger partial charge in [-0.2, -0.15) is 0 Å². The molecule has 19 heavy (non-hydrogen) atoms. The van der Waals surface area contributed by atoms with Crippen LogP contribution in [-0.4, -0.2) is 23.0 Å². The first kappa shape index (κ1) is 13.5. The zero-order chi connectivity index (χ0) is 13.8. The lowest BCUT2D eigenvalue weighted by molar-refractivity contribution is -0.142. The fourth-order valence-electron chi connectivity index (χ4n) is 2.47. The highest BCUT2D eigenvalue weighted by Gasteiger charge is 2.33. The third kappa shape index (κ3) is 3.12. The summed E-state index contributed by atoms with van der Waals surface area (Å²) in [5.41, 5.74) is 6.99. The van der Waals surface area contributed by atoms with Crippen molar-refractivity contribution in [3.8, 4) is 0 Å². The van der Waals surface area contributed by atoms with Crippen molar-refractivity contribution in [3.05, 3.63) is 35.4 Å². The Balaban J connectivity index is 2.01. The van der Waals surface area contributed by atoms with Crippen LogP contribution in [0.3, 0.4) is 0 Å². The standard InChI is InChI=1S/C14H18N2O3/c15-8-9-4-6-10(7-5-9)13(17)16-12-3-1-2-11(12)14(18)19/h4-7,11-12H,1-3,8,15H2,(H,16,17)(H,18,19). The minimum absolute atomic E-state index is 0.221. The van der Waals surface area contributed by atoms with E-state index in [2.05, 4.69) is 5.32 Å². The maximum Gasteiger partial charge on any atom is 0.308 e. The monoisotopic (exact) mass is 262 g/mol. The molecule has 1 aliphatic rings. The Morgan fingerprint density at radius 2 is 1.95 bits per heavy atom. The first-order valence-electron chi connectivity index (χ1n) is 6.44. The second kappa shape index (κ2) is 5.84. The fourth-order valence-corrected chi connectivity index (χ4v) is 2.47. The Labute approximate surface area is 111 Å². The molecule has 1 aromatic carbocycles. The van der Waals surface area contributed by atoms with Gasteiger partial charge in [0, 0.05) is 18.2 Å². The van der Waals surface area contributed by atoms with Crippen molar-refractivity contribution in [2.75, 3.05) is 0 Å². The minimum Gasteiger partial charge on any atom is -0.481 e. The molecule has 1 amide bonds. The maximum atomic E-state index is 12.0. The molecule has 0 radical (unpaired) electrons. The second-order valence-corrected chi connectivity index (χ2v) is 4.86. The molecule has 0 aromatic heterocycles. The molecule has 2 rings (SSSR count). The van der Waals surface area contributed by atoms with E-state index in [0.29, 0.717) is 18.5 Å². The molecule has 2 unspecified atom stereocenters. The summed E-state index contributed by atoms with van der Waals surface area (Å²) in [6, 6.07) is 6.76. The van der Waals surface area contributed by atoms with E-state index < -0.39 is 11.9 Å². The SMILES string of the molecule is NCc1ccc(C(=O)NC2CCCC2C(=O)O)cc1. The summed E-state index contributed by atoms with van der Waals surface area (Å²) >= 11 is 0. The molecule has 0 bridgehead atoms. The number of carbonyl (C=O) groups is 2. The van der Waals surface area contributed by atoms with Crippen LogP contribution in [0.1, 0.15) is 35.2 Å². The number of hydrogen-bond donors (Lipinski definition) is 3. The molecule has 0 aliphatic heterocycles. The Kier molecular flexibility index (Phi) is 4.16. The van der Waals surface area contributed by atoms with E-state index in [-0.39, 0.29) is 11.9 Å². The number of nitrogens with two attached hydrogens (primary N) is 1. The summed E-state index contributed by atoms with van der Waals surface area (Å²) in [5, 5.41) is 11.9. The van der Waals surface area contributed by atoms with Crippen LogP contribution in [0, 0.1) is 5.92 Å². The van der Waals surface area contributed by atoms with Crippen LogP contribution in [-0.2, 0) is 11.3 Å². The summed E-state index contributed by atoms with van der Waals surface area (Å²) in [7, 11) is 0. The van der Waals surface area contributed by atoms with Crippen LogP contribution in [0.5, 0.6) is 0 Å². The van der Waals surface area contributed by atoms with Gasteiger partial charge >= 0.3 is 5.97 Å². The van der Waals surface area contributed by atoms with E-state index in [1.165, 1.54) is 0 Å². The smallest absolute Gasteiger partial charge is 0.308 e. The summed E-state index contributed by atoms with van der Waals surface area (Å²) in [4.78, 5) is 23.1. The topological polar surface area (TPSA) is 92.4 Å². The van der Waals surface area contributed by atoms with Gasteiger partial charge in [-0.15, -0.1) is 0 Å². The molecule has 1 aromatic rings. The summed E-state index contributed by atoms with van der Waals surface area (Å²) in [6.07, 6.45) is 2.20. The third-order valence-electron chi connectivity index (χ3n) is 3.60. The lowest BCUT2D eigenvalue weighted by Gasteiger charge is -2.17. The predicted octanol–water partition coefficient (Wildman–Crippen LogP) is 1.13. The average molecular weight is 262 g/mol. The predicted molar refractivity (Wildman–Crippen MR) is 70.6 cm³/mol. The highest BCUT2D eigenvalue weighted by Crippen LogP contribution is 2.26. The molecule has 5 heteroatoms. The highest BCUT2D eigenvalue weighted by molar-refractivity contribution is 5.94. The number of hydrogen-bond acceptors (Lipinski definition) is 3. The maximum absolute atomic E-state index is 12.0. The van der Waals surface area contributed by atoms with Crippen molar-refractivity contribution in [3.63, 3.8) is 0 Å². The molecular weight excluding hydrogens is 244 g/mol. The van der Waals surface area contributed by atoms with E-state index in [0.717, 1.165) is 18.4 Å². The zero-order valence-electron chi connectivity index (χ0n) is 10.6. The molecule has 2 atom stereocenters. The van der Waals surface area contributed by atoms with Gasteiger partial charge in [0.2, 0.25) is 0 Å². The number of carboxylic acids is 1. The molecule has 1 fully saturated rings. The largest absolute Gasteiger partial charge is 0.481 e. The summed E-state index contributed by atoms with van der Waals surface area (Å²) in [5.74, 6) is -1.52. The number of carboxylic acid groups (broad SMARTS) is 1. The lowest BCUT2D eigenvalue weighted by Crippen LogP contribution is -2.40. The molecule has 5 nitrogen and oxygen atoms in total. The van der Waals surface area contributed by atoms with Crippen LogP contribution < -0.4 is 11.1 Å². The second-order valence-electron chi connectivity index (χ2n) is 4.86. The van der Waals surface area contributed by atoms with Crippen molar-refractivity contribution in [2.24, 2.45) is 11.7 Å². The number of nitrogens with one attached hydrogen (secondary N) is 1. The van der Waals surface area contributed by atoms with E-state index >= 15 is 0 Å². The third-order valence-corrected chi connectivity index (χ3v) is 3.60. The Hall–Kier alpha value is -1.88. The molecule has 1 saturated carbocycles. The van der Waals surface area contributed by atoms with Crippen LogP contribution in [0.2, 0.25) is 0 Å². The highest BCUT2D eigenvalue weighted by atomic mass is 16.4. The number of aliphatic carboxylic acids is 1. The Bertz CT molecular complexity index is 470. The Morgan fingerprint density at radius 3 is 2.53 bits per heavy atom. The number of benzene rings is 1. The molecule has 0 saturated heterocycles. The molecule has 4 N–H and O–H groups in total. The van der Waals surface area contributed by atoms with Gasteiger partial charge in [-0.05, 0) is 30.5 Å². The molecule has 0 spiro atoms. The molecule has 1 aliphatic carbocycles. The number of rotatable bonds is 4. The Morgan fingerprint density at radius 1 is 1.26 bits per heavy atom. The lowest BCUT2D eigenvalue weighted by atomic mass is 10.0. The first-order valence-corrected chi connectivity index (χ1v) is 6.44. The van der Waals surface area contributed by atoms with Crippen molar-refractivity contribution in [1.82, 2.24) is 5.32 Å². The fraction of sp³-hybridized carbons (Fsp3) is 0.429. The summed E-state index contributed by atoms with van der Waals surface area (Å²) < 4.78 is 0. The zero-order valence-corrected chi connectivity index (χ0v) is 10.6. The normalized spacial score (nSPS) is 22.2. The van der Waals surface area contributed by atoms with Gasteiger partial charge in [0.05, 0.1) is 5.92 Å². The molecule has 0 heterocycles. The minimum atomic E-state index is -0.832. The van der Waals surface area contributed by atoms with Gasteiger partial charge in [0.15, 0.2) is 0 Å². The van der Waals surface area contributed by atoms with Crippen LogP contribution in [0.4, 0.5) is 0 Å². The van der Waals surface area contributed by atoms with E-state index in [4.69, 9.17) is 10.8 Å². The molecular formula is C14H18N2O3. The summed E-state index contributed by atoms with van der Waals surface area (Å²) in [6.45, 7) is 0.436. The molecule has 102 valence electrons. The van der Waals surface area contributed by atoms with E-state index in [1.54, 1.807) is 24.3 Å². The van der Waals surface area contributed by atoms with E-state index in [9.17, 15) is 9.59 Å². The van der Waals surface area contributed by atoms with Crippen molar-refractivity contribution in [2.45, 2.75) is 31.8 Å². The number of amides is 1. The van der Waals surface area contributed by atoms with Crippen LogP contribution >= 0.6 is 0 Å². The number of carbonyl (C=O) groups excluding carboxylic acids is 1. The van der Waals surface area contributed by atoms with E-state index in [1.807, 2.05) is 0 Å². The van der Waals surface area contributed by atoms with Crippen LogP contribution in [0.15, 0.2) is 24.3 Å². The van der Waals surface area contributed by atoms with Crippen molar-refractivity contribution in [1.29, 1.82) is 0 Å². The van der Waals surface area contributed by atoms with Gasteiger partial charge in [-0.1, -0.05) is 18.6 Å². The van der Waals surface area contributed by atoms with Gasteiger partial charge in [0.25, 0.3) is 5.91 Å². The van der Waals surface area contributed by atoms with Crippen molar-refractivity contribution >= 4 is 11.9 Å². The first-order chi connectivity index (χ1) is 9.11. The average Bonchev–Trinajstić information content (AvgIpc) is 2.87. The quantitative estimate of drug-likeness (QED) is 0.758. The van der Waals surface area contributed by atoms with Gasteiger partial charge in [-0.3, -0.25) is 9.59 Å². The van der Waals surface area contributed by atoms with Crippen LogP contribution in [0.25, 0.3) is 0 Å².